The van der Waals surface area contributed by atoms with E-state index in [0.29, 0.717) is 15.8 Å². The quantitative estimate of drug-likeness (QED) is 0.280. The molecule has 1 fully saturated rings. The van der Waals surface area contributed by atoms with E-state index in [4.69, 9.17) is 33.0 Å². The maximum atomic E-state index is 11.9. The van der Waals surface area contributed by atoms with Crippen molar-refractivity contribution in [1.29, 1.82) is 0 Å². The smallest absolute Gasteiger partial charge is 0.250 e. The van der Waals surface area contributed by atoms with Crippen molar-refractivity contribution in [3.05, 3.63) is 101 Å². The number of furan rings is 1. The van der Waals surface area contributed by atoms with E-state index in [1.807, 2.05) is 84.6 Å². The van der Waals surface area contributed by atoms with Gasteiger partial charge in [-0.2, -0.15) is 0 Å². The van der Waals surface area contributed by atoms with Crippen molar-refractivity contribution >= 4 is 46.2 Å². The van der Waals surface area contributed by atoms with Gasteiger partial charge in [0.25, 0.3) is 0 Å². The van der Waals surface area contributed by atoms with Gasteiger partial charge in [0, 0.05) is 35.3 Å². The van der Waals surface area contributed by atoms with E-state index in [2.05, 4.69) is 15.6 Å². The predicted molar refractivity (Wildman–Crippen MR) is 149 cm³/mol. The minimum absolute atomic E-state index is 0.0113. The molecule has 0 unspecified atom stereocenters. The number of ether oxygens (including phenoxy) is 1. The second-order valence-corrected chi connectivity index (χ2v) is 9.51. The molecule has 0 saturated carbocycles. The Morgan fingerprint density at radius 3 is 2.70 bits per heavy atom. The Morgan fingerprint density at radius 2 is 1.97 bits per heavy atom. The minimum Gasteiger partial charge on any atom is -0.459 e. The summed E-state index contributed by atoms with van der Waals surface area (Å²) in [5.74, 6) is 1.24. The number of rotatable bonds is 7. The predicted octanol–water partition coefficient (Wildman–Crippen LogP) is 6.07. The van der Waals surface area contributed by atoms with Gasteiger partial charge in [-0.1, -0.05) is 23.7 Å². The number of hydrogen-bond acceptors (Lipinski definition) is 5. The first kappa shape index (κ1) is 25.0. The van der Waals surface area contributed by atoms with Gasteiger partial charge in [-0.25, -0.2) is 0 Å². The average molecular weight is 533 g/mol. The fourth-order valence-electron chi connectivity index (χ4n) is 4.47. The van der Waals surface area contributed by atoms with Gasteiger partial charge in [-0.05, 0) is 85.4 Å². The third kappa shape index (κ3) is 5.22. The van der Waals surface area contributed by atoms with E-state index in [1.54, 1.807) is 6.20 Å². The van der Waals surface area contributed by atoms with E-state index < -0.39 is 0 Å². The Morgan fingerprint density at radius 1 is 1.16 bits per heavy atom. The van der Waals surface area contributed by atoms with Crippen molar-refractivity contribution in [2.45, 2.75) is 19.0 Å². The van der Waals surface area contributed by atoms with Crippen LogP contribution in [0.3, 0.4) is 0 Å². The lowest BCUT2D eigenvalue weighted by Gasteiger charge is -2.26. The maximum absolute atomic E-state index is 11.9. The Bertz CT molecular complexity index is 1430. The van der Waals surface area contributed by atoms with Crippen LogP contribution in [0.1, 0.15) is 29.1 Å². The molecule has 0 aliphatic carbocycles. The van der Waals surface area contributed by atoms with Crippen LogP contribution >= 0.6 is 23.8 Å². The van der Waals surface area contributed by atoms with Crippen molar-refractivity contribution in [3.8, 4) is 11.3 Å². The first-order valence-corrected chi connectivity index (χ1v) is 12.5. The van der Waals surface area contributed by atoms with Crippen LogP contribution in [0, 0.1) is 6.92 Å². The van der Waals surface area contributed by atoms with Crippen LogP contribution in [-0.4, -0.2) is 29.7 Å². The van der Waals surface area contributed by atoms with Crippen molar-refractivity contribution in [3.63, 3.8) is 0 Å². The number of nitrogens with one attached hydrogen (secondary N) is 2. The topological polar surface area (TPSA) is 79.6 Å². The van der Waals surface area contributed by atoms with E-state index >= 15 is 0 Å². The summed E-state index contributed by atoms with van der Waals surface area (Å²) in [7, 11) is 1.48. The van der Waals surface area contributed by atoms with Crippen molar-refractivity contribution in [1.82, 2.24) is 10.3 Å². The number of benzene rings is 2. The third-order valence-electron chi connectivity index (χ3n) is 6.19. The molecule has 188 valence electrons. The highest BCUT2D eigenvalue weighted by atomic mass is 35.5. The third-order valence-corrected chi connectivity index (χ3v) is 6.74. The number of halogens is 1. The number of nitrogens with zero attached hydrogens (tertiary/aromatic N) is 2. The van der Waals surface area contributed by atoms with E-state index in [-0.39, 0.29) is 24.6 Å². The van der Waals surface area contributed by atoms with Crippen LogP contribution in [0.4, 0.5) is 11.4 Å². The molecule has 7 nitrogen and oxygen atoms in total. The van der Waals surface area contributed by atoms with E-state index in [9.17, 15) is 4.79 Å². The molecule has 9 heteroatoms. The van der Waals surface area contributed by atoms with Crippen LogP contribution in [0.25, 0.3) is 11.3 Å². The first-order valence-electron chi connectivity index (χ1n) is 11.7. The number of anilines is 2. The minimum atomic E-state index is -0.301. The summed E-state index contributed by atoms with van der Waals surface area (Å²) >= 11 is 12.1. The van der Waals surface area contributed by atoms with Gasteiger partial charge < -0.3 is 24.7 Å². The summed E-state index contributed by atoms with van der Waals surface area (Å²) < 4.78 is 11.3. The lowest BCUT2D eigenvalue weighted by molar-refractivity contribution is -0.119. The molecule has 3 heterocycles. The summed E-state index contributed by atoms with van der Waals surface area (Å²) in [6.45, 7) is 2.01. The standard InChI is InChI=1S/C28H25ClN4O3S/c1-17-6-7-18(29)15-21(17)23-12-13-24(36-23)27-26(22-5-3-4-14-30-22)32-28(37)33(27)20-10-8-19(9-11-20)31-25(34)16-35-2/h3-15,26-27H,16H2,1-2H3,(H,31,34)(H,32,37)/t26-,27-/m0/s1. The monoisotopic (exact) mass is 532 g/mol. The molecular formula is C28H25ClN4O3S. The van der Waals surface area contributed by atoms with Crippen molar-refractivity contribution in [2.75, 3.05) is 23.9 Å². The molecule has 2 aromatic heterocycles. The molecule has 0 bridgehead atoms. The molecule has 1 amide bonds. The molecule has 1 saturated heterocycles. The molecule has 4 aromatic rings. The maximum Gasteiger partial charge on any atom is 0.250 e. The van der Waals surface area contributed by atoms with E-state index in [1.165, 1.54) is 7.11 Å². The number of carbonyl (C=O) groups is 1. The molecule has 2 N–H and O–H groups in total. The largest absolute Gasteiger partial charge is 0.459 e. The number of methoxy groups -OCH3 is 1. The lowest BCUT2D eigenvalue weighted by atomic mass is 10.0. The number of carbonyl (C=O) groups excluding carboxylic acids is 1. The van der Waals surface area contributed by atoms with Gasteiger partial charge in [-0.15, -0.1) is 0 Å². The first-order chi connectivity index (χ1) is 17.9. The molecule has 1 aliphatic rings. The number of amides is 1. The Kier molecular flexibility index (Phi) is 7.23. The van der Waals surface area contributed by atoms with E-state index in [0.717, 1.165) is 34.0 Å². The number of aromatic nitrogens is 1. The summed E-state index contributed by atoms with van der Waals surface area (Å²) in [6.07, 6.45) is 1.76. The normalized spacial score (nSPS) is 17.1. The molecular weight excluding hydrogens is 508 g/mol. The van der Waals surface area contributed by atoms with Gasteiger partial charge in [0.1, 0.15) is 24.2 Å². The molecule has 0 spiro atoms. The molecule has 37 heavy (non-hydrogen) atoms. The van der Waals surface area contributed by atoms with Gasteiger partial charge in [-0.3, -0.25) is 9.78 Å². The highest BCUT2D eigenvalue weighted by Gasteiger charge is 2.42. The average Bonchev–Trinajstić information content (AvgIpc) is 3.51. The summed E-state index contributed by atoms with van der Waals surface area (Å²) in [5, 5.41) is 7.43. The molecule has 1 aliphatic heterocycles. The molecule has 5 rings (SSSR count). The van der Waals surface area contributed by atoms with Gasteiger partial charge in [0.2, 0.25) is 5.91 Å². The van der Waals surface area contributed by atoms with Crippen LogP contribution in [0.15, 0.2) is 83.4 Å². The summed E-state index contributed by atoms with van der Waals surface area (Å²) in [6, 6.07) is 22.4. The van der Waals surface area contributed by atoms with Crippen LogP contribution < -0.4 is 15.5 Å². The van der Waals surface area contributed by atoms with Crippen LogP contribution in [0.2, 0.25) is 5.02 Å². The van der Waals surface area contributed by atoms with Crippen LogP contribution in [0.5, 0.6) is 0 Å². The molecule has 2 atom stereocenters. The number of pyridine rings is 1. The number of hydrogen-bond donors (Lipinski definition) is 2. The number of thiocarbonyl (C=S) groups is 1. The van der Waals surface area contributed by atoms with Gasteiger partial charge >= 0.3 is 0 Å². The van der Waals surface area contributed by atoms with Gasteiger partial charge in [0.15, 0.2) is 5.11 Å². The second-order valence-electron chi connectivity index (χ2n) is 8.69. The zero-order valence-electron chi connectivity index (χ0n) is 20.3. The van der Waals surface area contributed by atoms with Crippen molar-refractivity contribution in [2.24, 2.45) is 0 Å². The molecule has 2 aromatic carbocycles. The number of aryl methyl sites for hydroxylation is 1. The second kappa shape index (κ2) is 10.7. The highest BCUT2D eigenvalue weighted by Crippen LogP contribution is 2.43. The van der Waals surface area contributed by atoms with Crippen molar-refractivity contribution < 1.29 is 13.9 Å². The zero-order chi connectivity index (χ0) is 25.9. The Hall–Kier alpha value is -3.72. The SMILES string of the molecule is COCC(=O)Nc1ccc(N2C(=S)N[C@@H](c3ccccn3)[C@@H]2c2ccc(-c3cc(Cl)ccc3C)o2)cc1. The Labute approximate surface area is 225 Å². The highest BCUT2D eigenvalue weighted by molar-refractivity contribution is 7.80. The molecule has 0 radical (unpaired) electrons. The fourth-order valence-corrected chi connectivity index (χ4v) is 4.99. The lowest BCUT2D eigenvalue weighted by Crippen LogP contribution is -2.29. The van der Waals surface area contributed by atoms with Crippen LogP contribution in [-0.2, 0) is 9.53 Å². The van der Waals surface area contributed by atoms with Gasteiger partial charge in [0.05, 0.1) is 11.7 Å². The zero-order valence-corrected chi connectivity index (χ0v) is 21.8. The fraction of sp³-hybridized carbons (Fsp3) is 0.179. The summed E-state index contributed by atoms with van der Waals surface area (Å²) in [4.78, 5) is 18.5. The Balaban J connectivity index is 1.52. The summed E-state index contributed by atoms with van der Waals surface area (Å²) in [5.41, 5.74) is 4.36.